The summed E-state index contributed by atoms with van der Waals surface area (Å²) in [4.78, 5) is 4.27. The molecule has 0 saturated heterocycles. The third-order valence-corrected chi connectivity index (χ3v) is 3.55. The lowest BCUT2D eigenvalue weighted by molar-refractivity contribution is -0.0322. The molecular weight excluding hydrogens is 188 g/mol. The smallest absolute Gasteiger partial charge is 0.103 e. The minimum Gasteiger partial charge on any atom is -0.386 e. The van der Waals surface area contributed by atoms with Gasteiger partial charge in [-0.3, -0.25) is 4.98 Å². The molecule has 1 fully saturated rings. The molecule has 1 aliphatic carbocycles. The molecule has 0 aliphatic heterocycles. The highest BCUT2D eigenvalue weighted by Crippen LogP contribution is 2.48. The minimum atomic E-state index is -0.503. The highest BCUT2D eigenvalue weighted by Gasteiger charge is 2.43. The van der Waals surface area contributed by atoms with Gasteiger partial charge in [-0.1, -0.05) is 12.5 Å². The summed E-state index contributed by atoms with van der Waals surface area (Å²) in [6.07, 6.45) is 4.49. The van der Waals surface area contributed by atoms with E-state index in [4.69, 9.17) is 5.73 Å². The van der Waals surface area contributed by atoms with Crippen LogP contribution in [0.3, 0.4) is 0 Å². The highest BCUT2D eigenvalue weighted by molar-refractivity contribution is 5.17. The molecule has 1 heterocycles. The highest BCUT2D eigenvalue weighted by atomic mass is 16.3. The van der Waals surface area contributed by atoms with Crippen molar-refractivity contribution in [3.63, 3.8) is 0 Å². The molecule has 1 atom stereocenters. The van der Waals surface area contributed by atoms with E-state index in [1.807, 2.05) is 19.1 Å². The summed E-state index contributed by atoms with van der Waals surface area (Å²) in [5.41, 5.74) is 7.51. The fourth-order valence-electron chi connectivity index (χ4n) is 2.17. The number of aliphatic hydroxyl groups is 1. The van der Waals surface area contributed by atoms with Crippen molar-refractivity contribution in [1.29, 1.82) is 0 Å². The second-order valence-corrected chi connectivity index (χ2v) is 4.58. The summed E-state index contributed by atoms with van der Waals surface area (Å²) < 4.78 is 0. The predicted octanol–water partition coefficient (Wildman–Crippen LogP) is 1.55. The monoisotopic (exact) mass is 206 g/mol. The summed E-state index contributed by atoms with van der Waals surface area (Å²) in [5, 5.41) is 10.2. The zero-order chi connectivity index (χ0) is 10.9. The summed E-state index contributed by atoms with van der Waals surface area (Å²) >= 11 is 0. The lowest BCUT2D eigenvalue weighted by Gasteiger charge is -2.44. The van der Waals surface area contributed by atoms with E-state index >= 15 is 0 Å². The Balaban J connectivity index is 2.19. The molecule has 82 valence electrons. The van der Waals surface area contributed by atoms with Gasteiger partial charge in [-0.2, -0.15) is 0 Å². The maximum atomic E-state index is 10.2. The van der Waals surface area contributed by atoms with Gasteiger partial charge >= 0.3 is 0 Å². The van der Waals surface area contributed by atoms with Crippen LogP contribution in [0.2, 0.25) is 0 Å². The molecule has 3 N–H and O–H groups in total. The number of nitrogens with zero attached hydrogens (tertiary/aromatic N) is 1. The fourth-order valence-corrected chi connectivity index (χ4v) is 2.17. The van der Waals surface area contributed by atoms with E-state index in [0.717, 1.165) is 24.1 Å². The number of aryl methyl sites for hydroxylation is 1. The molecule has 0 radical (unpaired) electrons. The van der Waals surface area contributed by atoms with Gasteiger partial charge in [0.15, 0.2) is 0 Å². The van der Waals surface area contributed by atoms with Crippen LogP contribution in [0, 0.1) is 12.3 Å². The van der Waals surface area contributed by atoms with Crippen LogP contribution in [0.25, 0.3) is 0 Å². The summed E-state index contributed by atoms with van der Waals surface area (Å²) in [5.74, 6) is 0. The predicted molar refractivity (Wildman–Crippen MR) is 59.3 cm³/mol. The summed E-state index contributed by atoms with van der Waals surface area (Å²) in [7, 11) is 0. The molecule has 2 rings (SSSR count). The average molecular weight is 206 g/mol. The van der Waals surface area contributed by atoms with E-state index in [2.05, 4.69) is 4.98 Å². The van der Waals surface area contributed by atoms with E-state index in [-0.39, 0.29) is 5.41 Å². The largest absolute Gasteiger partial charge is 0.386 e. The van der Waals surface area contributed by atoms with Gasteiger partial charge in [0.1, 0.15) is 6.10 Å². The Kier molecular flexibility index (Phi) is 2.76. The first kappa shape index (κ1) is 10.6. The van der Waals surface area contributed by atoms with Crippen LogP contribution in [0.1, 0.15) is 36.6 Å². The standard InChI is InChI=1S/C12H18N2O/c1-9-3-4-10(14-7-9)11(15)12(8-13)5-2-6-12/h3-4,7,11,15H,2,5-6,8,13H2,1H3. The second kappa shape index (κ2) is 3.91. The van der Waals surface area contributed by atoms with E-state index in [1.165, 1.54) is 6.42 Å². The van der Waals surface area contributed by atoms with Crippen molar-refractivity contribution in [2.24, 2.45) is 11.1 Å². The topological polar surface area (TPSA) is 59.1 Å². The number of aliphatic hydroxyl groups excluding tert-OH is 1. The van der Waals surface area contributed by atoms with Gasteiger partial charge in [-0.25, -0.2) is 0 Å². The molecule has 1 saturated carbocycles. The Hall–Kier alpha value is -0.930. The minimum absolute atomic E-state index is 0.109. The Morgan fingerprint density at radius 1 is 1.53 bits per heavy atom. The molecule has 1 aromatic heterocycles. The fraction of sp³-hybridized carbons (Fsp3) is 0.583. The van der Waals surface area contributed by atoms with E-state index in [9.17, 15) is 5.11 Å². The molecule has 1 aromatic rings. The SMILES string of the molecule is Cc1ccc(C(O)C2(CN)CCC2)nc1. The van der Waals surface area contributed by atoms with Crippen LogP contribution in [-0.2, 0) is 0 Å². The molecule has 0 amide bonds. The maximum absolute atomic E-state index is 10.2. The number of hydrogen-bond acceptors (Lipinski definition) is 3. The van der Waals surface area contributed by atoms with Crippen molar-refractivity contribution in [2.45, 2.75) is 32.3 Å². The normalized spacial score (nSPS) is 20.7. The average Bonchev–Trinajstić information content (AvgIpc) is 2.18. The van der Waals surface area contributed by atoms with Crippen molar-refractivity contribution in [3.8, 4) is 0 Å². The maximum Gasteiger partial charge on any atom is 0.103 e. The Morgan fingerprint density at radius 3 is 2.67 bits per heavy atom. The number of rotatable bonds is 3. The van der Waals surface area contributed by atoms with Gasteiger partial charge < -0.3 is 10.8 Å². The van der Waals surface area contributed by atoms with E-state index in [1.54, 1.807) is 6.20 Å². The summed E-state index contributed by atoms with van der Waals surface area (Å²) in [6, 6.07) is 3.88. The van der Waals surface area contributed by atoms with Crippen molar-refractivity contribution >= 4 is 0 Å². The number of aromatic nitrogens is 1. The Labute approximate surface area is 90.3 Å². The molecule has 0 bridgehead atoms. The third kappa shape index (κ3) is 1.77. The van der Waals surface area contributed by atoms with Crippen LogP contribution in [0.15, 0.2) is 18.3 Å². The van der Waals surface area contributed by atoms with Gasteiger partial charge in [0.2, 0.25) is 0 Å². The molecule has 3 heteroatoms. The molecular formula is C12H18N2O. The first-order valence-electron chi connectivity index (χ1n) is 5.49. The Morgan fingerprint density at radius 2 is 2.27 bits per heavy atom. The van der Waals surface area contributed by atoms with Gasteiger partial charge in [-0.05, 0) is 31.4 Å². The van der Waals surface area contributed by atoms with Crippen LogP contribution < -0.4 is 5.73 Å². The summed E-state index contributed by atoms with van der Waals surface area (Å²) in [6.45, 7) is 2.54. The zero-order valence-electron chi connectivity index (χ0n) is 9.11. The number of pyridine rings is 1. The van der Waals surface area contributed by atoms with Crippen molar-refractivity contribution in [3.05, 3.63) is 29.6 Å². The lowest BCUT2D eigenvalue weighted by atomic mass is 9.64. The van der Waals surface area contributed by atoms with Crippen LogP contribution in [0.5, 0.6) is 0 Å². The van der Waals surface area contributed by atoms with Crippen molar-refractivity contribution in [2.75, 3.05) is 6.54 Å². The molecule has 0 aromatic carbocycles. The van der Waals surface area contributed by atoms with E-state index < -0.39 is 6.10 Å². The van der Waals surface area contributed by atoms with Gasteiger partial charge in [0.25, 0.3) is 0 Å². The first-order chi connectivity index (χ1) is 7.18. The van der Waals surface area contributed by atoms with Crippen molar-refractivity contribution in [1.82, 2.24) is 4.98 Å². The second-order valence-electron chi connectivity index (χ2n) is 4.58. The zero-order valence-corrected chi connectivity index (χ0v) is 9.11. The molecule has 1 aliphatic rings. The van der Waals surface area contributed by atoms with Crippen LogP contribution >= 0.6 is 0 Å². The molecule has 1 unspecified atom stereocenters. The Bertz CT molecular complexity index is 324. The van der Waals surface area contributed by atoms with Crippen molar-refractivity contribution < 1.29 is 5.11 Å². The van der Waals surface area contributed by atoms with E-state index in [0.29, 0.717) is 6.54 Å². The van der Waals surface area contributed by atoms with Crippen LogP contribution in [0.4, 0.5) is 0 Å². The molecule has 15 heavy (non-hydrogen) atoms. The van der Waals surface area contributed by atoms with Gasteiger partial charge in [-0.15, -0.1) is 0 Å². The lowest BCUT2D eigenvalue weighted by Crippen LogP contribution is -2.42. The van der Waals surface area contributed by atoms with Gasteiger partial charge in [0, 0.05) is 18.2 Å². The van der Waals surface area contributed by atoms with Gasteiger partial charge in [0.05, 0.1) is 5.69 Å². The third-order valence-electron chi connectivity index (χ3n) is 3.55. The molecule has 0 spiro atoms. The number of hydrogen-bond donors (Lipinski definition) is 2. The first-order valence-corrected chi connectivity index (χ1v) is 5.49. The quantitative estimate of drug-likeness (QED) is 0.789. The molecule has 3 nitrogen and oxygen atoms in total. The van der Waals surface area contributed by atoms with Crippen LogP contribution in [-0.4, -0.2) is 16.6 Å². The number of nitrogens with two attached hydrogens (primary N) is 1.